The molecule has 0 aliphatic heterocycles. The predicted molar refractivity (Wildman–Crippen MR) is 97.4 cm³/mol. The summed E-state index contributed by atoms with van der Waals surface area (Å²) < 4.78 is 6.99. The highest BCUT2D eigenvalue weighted by atomic mass is 127. The lowest BCUT2D eigenvalue weighted by Gasteiger charge is -2.16. The van der Waals surface area contributed by atoms with Crippen molar-refractivity contribution in [1.29, 1.82) is 0 Å². The summed E-state index contributed by atoms with van der Waals surface area (Å²) in [6.07, 6.45) is 1.11. The van der Waals surface area contributed by atoms with Gasteiger partial charge in [0.1, 0.15) is 11.5 Å². The van der Waals surface area contributed by atoms with Gasteiger partial charge in [0.15, 0.2) is 0 Å². The van der Waals surface area contributed by atoms with Crippen molar-refractivity contribution in [3.8, 4) is 11.5 Å². The SMILES string of the molecule is CCCNC(C)c1ccc(Oc2cccc(I)c2)cc1Cl. The van der Waals surface area contributed by atoms with Crippen LogP contribution in [0.15, 0.2) is 42.5 Å². The third-order valence-corrected chi connectivity index (χ3v) is 4.17. The molecule has 1 atom stereocenters. The summed E-state index contributed by atoms with van der Waals surface area (Å²) in [5.41, 5.74) is 1.10. The van der Waals surface area contributed by atoms with Crippen molar-refractivity contribution in [3.63, 3.8) is 0 Å². The van der Waals surface area contributed by atoms with Crippen molar-refractivity contribution in [2.45, 2.75) is 26.3 Å². The van der Waals surface area contributed by atoms with Crippen molar-refractivity contribution in [2.24, 2.45) is 0 Å². The molecule has 2 aromatic carbocycles. The zero-order valence-corrected chi connectivity index (χ0v) is 15.1. The summed E-state index contributed by atoms with van der Waals surface area (Å²) in [7, 11) is 0. The van der Waals surface area contributed by atoms with Crippen LogP contribution in [0.4, 0.5) is 0 Å². The van der Waals surface area contributed by atoms with E-state index in [1.54, 1.807) is 0 Å². The van der Waals surface area contributed by atoms with Crippen LogP contribution in [0.1, 0.15) is 31.9 Å². The number of rotatable bonds is 6. The van der Waals surface area contributed by atoms with Crippen LogP contribution >= 0.6 is 34.2 Å². The summed E-state index contributed by atoms with van der Waals surface area (Å²) in [6.45, 7) is 5.26. The minimum Gasteiger partial charge on any atom is -0.457 e. The van der Waals surface area contributed by atoms with E-state index in [1.807, 2.05) is 42.5 Å². The van der Waals surface area contributed by atoms with Crippen LogP contribution in [0.3, 0.4) is 0 Å². The Labute approximate surface area is 145 Å². The zero-order chi connectivity index (χ0) is 15.2. The smallest absolute Gasteiger partial charge is 0.128 e. The third-order valence-electron chi connectivity index (χ3n) is 3.17. The zero-order valence-electron chi connectivity index (χ0n) is 12.2. The Morgan fingerprint density at radius 1 is 1.19 bits per heavy atom. The molecule has 1 N–H and O–H groups in total. The number of hydrogen-bond donors (Lipinski definition) is 1. The maximum absolute atomic E-state index is 6.38. The first-order chi connectivity index (χ1) is 10.1. The van der Waals surface area contributed by atoms with E-state index in [-0.39, 0.29) is 6.04 Å². The molecule has 112 valence electrons. The van der Waals surface area contributed by atoms with E-state index in [4.69, 9.17) is 16.3 Å². The molecule has 0 radical (unpaired) electrons. The monoisotopic (exact) mass is 415 g/mol. The number of halogens is 2. The highest BCUT2D eigenvalue weighted by Gasteiger charge is 2.10. The van der Waals surface area contributed by atoms with Crippen LogP contribution in [-0.2, 0) is 0 Å². The molecule has 2 aromatic rings. The Bertz CT molecular complexity index is 603. The van der Waals surface area contributed by atoms with Gasteiger partial charge in [-0.05, 0) is 78.4 Å². The maximum Gasteiger partial charge on any atom is 0.128 e. The number of ether oxygens (including phenoxy) is 1. The second-order valence-electron chi connectivity index (χ2n) is 4.92. The number of nitrogens with one attached hydrogen (secondary N) is 1. The van der Waals surface area contributed by atoms with Gasteiger partial charge >= 0.3 is 0 Å². The summed E-state index contributed by atoms with van der Waals surface area (Å²) >= 11 is 8.65. The van der Waals surface area contributed by atoms with Gasteiger partial charge in [0, 0.05) is 14.6 Å². The van der Waals surface area contributed by atoms with Crippen LogP contribution in [0, 0.1) is 3.57 Å². The fourth-order valence-corrected chi connectivity index (χ4v) is 2.91. The third kappa shape index (κ3) is 4.87. The summed E-state index contributed by atoms with van der Waals surface area (Å²) in [5, 5.41) is 4.17. The first-order valence-corrected chi connectivity index (χ1v) is 8.52. The van der Waals surface area contributed by atoms with Gasteiger partial charge in [0.25, 0.3) is 0 Å². The molecule has 0 saturated heterocycles. The van der Waals surface area contributed by atoms with Gasteiger partial charge in [-0.1, -0.05) is 30.7 Å². The summed E-state index contributed by atoms with van der Waals surface area (Å²) in [6, 6.07) is 14.0. The second kappa shape index (κ2) is 8.01. The number of hydrogen-bond acceptors (Lipinski definition) is 2. The average Bonchev–Trinajstić information content (AvgIpc) is 2.45. The van der Waals surface area contributed by atoms with Crippen LogP contribution in [-0.4, -0.2) is 6.54 Å². The lowest BCUT2D eigenvalue weighted by Crippen LogP contribution is -2.19. The molecule has 0 aliphatic carbocycles. The Morgan fingerprint density at radius 3 is 2.62 bits per heavy atom. The molecule has 21 heavy (non-hydrogen) atoms. The Hall–Kier alpha value is -0.780. The minimum atomic E-state index is 0.240. The van der Waals surface area contributed by atoms with E-state index in [9.17, 15) is 0 Å². The van der Waals surface area contributed by atoms with Crippen molar-refractivity contribution in [3.05, 3.63) is 56.6 Å². The molecular weight excluding hydrogens is 397 g/mol. The maximum atomic E-state index is 6.38. The standard InChI is InChI=1S/C17H19ClINO/c1-3-9-20-12(2)16-8-7-15(11-17(16)18)21-14-6-4-5-13(19)10-14/h4-8,10-12,20H,3,9H2,1-2H3. The molecule has 1 unspecified atom stereocenters. The first-order valence-electron chi connectivity index (χ1n) is 7.06. The molecule has 0 fully saturated rings. The highest BCUT2D eigenvalue weighted by molar-refractivity contribution is 14.1. The average molecular weight is 416 g/mol. The van der Waals surface area contributed by atoms with Crippen molar-refractivity contribution in [2.75, 3.05) is 6.54 Å². The largest absolute Gasteiger partial charge is 0.457 e. The molecule has 0 aliphatic rings. The molecule has 0 bridgehead atoms. The van der Waals surface area contributed by atoms with E-state index in [0.717, 1.165) is 38.6 Å². The van der Waals surface area contributed by atoms with Gasteiger partial charge in [-0.2, -0.15) is 0 Å². The lowest BCUT2D eigenvalue weighted by atomic mass is 10.1. The summed E-state index contributed by atoms with van der Waals surface area (Å²) in [4.78, 5) is 0. The second-order valence-corrected chi connectivity index (χ2v) is 6.57. The van der Waals surface area contributed by atoms with Gasteiger partial charge in [-0.3, -0.25) is 0 Å². The van der Waals surface area contributed by atoms with Crippen molar-refractivity contribution in [1.82, 2.24) is 5.32 Å². The normalized spacial score (nSPS) is 12.2. The molecular formula is C17H19ClINO. The molecule has 0 amide bonds. The van der Waals surface area contributed by atoms with Crippen LogP contribution in [0.5, 0.6) is 11.5 Å². The van der Waals surface area contributed by atoms with Crippen molar-refractivity contribution < 1.29 is 4.74 Å². The van der Waals surface area contributed by atoms with E-state index >= 15 is 0 Å². The molecule has 2 rings (SSSR count). The van der Waals surface area contributed by atoms with Gasteiger partial charge < -0.3 is 10.1 Å². The first kappa shape index (κ1) is 16.6. The van der Waals surface area contributed by atoms with E-state index in [0.29, 0.717) is 0 Å². The topological polar surface area (TPSA) is 21.3 Å². The van der Waals surface area contributed by atoms with Crippen LogP contribution in [0.2, 0.25) is 5.02 Å². The van der Waals surface area contributed by atoms with E-state index in [2.05, 4.69) is 41.8 Å². The Kier molecular flexibility index (Phi) is 6.33. The van der Waals surface area contributed by atoms with Gasteiger partial charge in [0.05, 0.1) is 0 Å². The minimum absolute atomic E-state index is 0.240. The van der Waals surface area contributed by atoms with E-state index in [1.165, 1.54) is 0 Å². The molecule has 4 heteroatoms. The Balaban J connectivity index is 2.11. The molecule has 2 nitrogen and oxygen atoms in total. The molecule has 0 saturated carbocycles. The van der Waals surface area contributed by atoms with Crippen LogP contribution in [0.25, 0.3) is 0 Å². The van der Waals surface area contributed by atoms with Crippen molar-refractivity contribution >= 4 is 34.2 Å². The number of benzene rings is 2. The highest BCUT2D eigenvalue weighted by Crippen LogP contribution is 2.30. The summed E-state index contributed by atoms with van der Waals surface area (Å²) in [5.74, 6) is 1.58. The quantitative estimate of drug-likeness (QED) is 0.602. The van der Waals surface area contributed by atoms with Gasteiger partial charge in [0.2, 0.25) is 0 Å². The Morgan fingerprint density at radius 2 is 1.95 bits per heavy atom. The lowest BCUT2D eigenvalue weighted by molar-refractivity contribution is 0.481. The molecule has 0 heterocycles. The fourth-order valence-electron chi connectivity index (χ4n) is 2.06. The fraction of sp³-hybridized carbons (Fsp3) is 0.294. The van der Waals surface area contributed by atoms with E-state index < -0.39 is 0 Å². The molecule has 0 aromatic heterocycles. The predicted octanol–water partition coefficient (Wildman–Crippen LogP) is 5.80. The van der Waals surface area contributed by atoms with Gasteiger partial charge in [-0.25, -0.2) is 0 Å². The van der Waals surface area contributed by atoms with Crippen LogP contribution < -0.4 is 10.1 Å². The molecule has 0 spiro atoms. The van der Waals surface area contributed by atoms with Gasteiger partial charge in [-0.15, -0.1) is 0 Å².